The summed E-state index contributed by atoms with van der Waals surface area (Å²) in [5, 5.41) is 11.5. The Labute approximate surface area is 107 Å². The van der Waals surface area contributed by atoms with E-state index in [1.807, 2.05) is 24.3 Å². The third-order valence-electron chi connectivity index (χ3n) is 2.31. The van der Waals surface area contributed by atoms with E-state index in [1.54, 1.807) is 25.1 Å². The fraction of sp³-hybridized carbons (Fsp3) is 0.385. The van der Waals surface area contributed by atoms with Crippen molar-refractivity contribution in [3.05, 3.63) is 29.8 Å². The first-order valence-electron chi connectivity index (χ1n) is 5.63. The summed E-state index contributed by atoms with van der Waals surface area (Å²) in [6.45, 7) is 0.926. The lowest BCUT2D eigenvalue weighted by molar-refractivity contribution is -0.127. The smallest absolute Gasteiger partial charge is 0.236 e. The molecular formula is C13H17N3O2. The highest BCUT2D eigenvalue weighted by molar-refractivity contribution is 5.77. The summed E-state index contributed by atoms with van der Waals surface area (Å²) in [7, 11) is 3.45. The summed E-state index contributed by atoms with van der Waals surface area (Å²) in [6, 6.07) is 9.36. The predicted octanol–water partition coefficient (Wildman–Crippen LogP) is 0.767. The number of hydrogen-bond donors (Lipinski definition) is 1. The number of rotatable bonds is 6. The van der Waals surface area contributed by atoms with E-state index in [4.69, 9.17) is 10.00 Å². The number of carbonyl (C=O) groups excluding carboxylic acids is 1. The zero-order valence-electron chi connectivity index (χ0n) is 10.6. The van der Waals surface area contributed by atoms with Crippen molar-refractivity contribution in [3.8, 4) is 11.8 Å². The van der Waals surface area contributed by atoms with E-state index in [0.717, 1.165) is 5.56 Å². The van der Waals surface area contributed by atoms with Crippen LogP contribution < -0.4 is 10.1 Å². The van der Waals surface area contributed by atoms with E-state index in [1.165, 1.54) is 0 Å². The molecule has 1 amide bonds. The molecule has 0 radical (unpaired) electrons. The van der Waals surface area contributed by atoms with Gasteiger partial charge in [0.15, 0.2) is 6.61 Å². The van der Waals surface area contributed by atoms with Gasteiger partial charge < -0.3 is 15.0 Å². The van der Waals surface area contributed by atoms with Gasteiger partial charge in [0.05, 0.1) is 6.54 Å². The number of nitriles is 1. The van der Waals surface area contributed by atoms with Crippen molar-refractivity contribution in [2.75, 3.05) is 27.2 Å². The zero-order chi connectivity index (χ0) is 13.4. The fourth-order valence-electron chi connectivity index (χ4n) is 1.33. The molecule has 5 nitrogen and oxygen atoms in total. The third-order valence-corrected chi connectivity index (χ3v) is 2.31. The fourth-order valence-corrected chi connectivity index (χ4v) is 1.33. The standard InChI is InChI=1S/C13H17N3O2/c1-16(2)13(17)10-15-9-11-4-3-5-12(8-11)18-7-6-14/h3-5,8,15H,7,9-10H2,1-2H3. The lowest BCUT2D eigenvalue weighted by Gasteiger charge is -2.11. The topological polar surface area (TPSA) is 65.4 Å². The first-order chi connectivity index (χ1) is 8.63. The highest BCUT2D eigenvalue weighted by atomic mass is 16.5. The molecule has 1 N–H and O–H groups in total. The van der Waals surface area contributed by atoms with Gasteiger partial charge in [0, 0.05) is 20.6 Å². The van der Waals surface area contributed by atoms with Gasteiger partial charge in [0.2, 0.25) is 5.91 Å². The molecule has 0 aliphatic rings. The Morgan fingerprint density at radius 2 is 2.28 bits per heavy atom. The Hall–Kier alpha value is -2.06. The first-order valence-corrected chi connectivity index (χ1v) is 5.63. The average molecular weight is 247 g/mol. The van der Waals surface area contributed by atoms with Crippen LogP contribution >= 0.6 is 0 Å². The molecule has 0 unspecified atom stereocenters. The van der Waals surface area contributed by atoms with Crippen LogP contribution in [0.15, 0.2) is 24.3 Å². The Morgan fingerprint density at radius 1 is 1.50 bits per heavy atom. The second kappa shape index (κ2) is 7.30. The number of nitrogens with one attached hydrogen (secondary N) is 1. The summed E-state index contributed by atoms with van der Waals surface area (Å²) in [5.74, 6) is 0.696. The summed E-state index contributed by atoms with van der Waals surface area (Å²) in [6.07, 6.45) is 0. The Balaban J connectivity index is 2.43. The van der Waals surface area contributed by atoms with Crippen LogP contribution in [-0.4, -0.2) is 38.1 Å². The second-order valence-corrected chi connectivity index (χ2v) is 3.99. The van der Waals surface area contributed by atoms with E-state index >= 15 is 0 Å². The monoisotopic (exact) mass is 247 g/mol. The van der Waals surface area contributed by atoms with Crippen molar-refractivity contribution in [2.45, 2.75) is 6.54 Å². The molecule has 5 heteroatoms. The molecule has 1 aromatic carbocycles. The minimum absolute atomic E-state index is 0.0342. The molecule has 0 saturated carbocycles. The number of ether oxygens (including phenoxy) is 1. The van der Waals surface area contributed by atoms with Gasteiger partial charge in [-0.3, -0.25) is 4.79 Å². The second-order valence-electron chi connectivity index (χ2n) is 3.99. The van der Waals surface area contributed by atoms with Crippen molar-refractivity contribution < 1.29 is 9.53 Å². The van der Waals surface area contributed by atoms with Crippen LogP contribution in [0.4, 0.5) is 0 Å². The number of nitrogens with zero attached hydrogens (tertiary/aromatic N) is 2. The number of benzene rings is 1. The molecule has 1 aromatic rings. The lowest BCUT2D eigenvalue weighted by Crippen LogP contribution is -2.32. The number of hydrogen-bond acceptors (Lipinski definition) is 4. The van der Waals surface area contributed by atoms with Gasteiger partial charge in [0.25, 0.3) is 0 Å². The van der Waals surface area contributed by atoms with E-state index in [9.17, 15) is 4.79 Å². The maximum absolute atomic E-state index is 11.3. The molecule has 0 atom stereocenters. The predicted molar refractivity (Wildman–Crippen MR) is 68.0 cm³/mol. The molecule has 96 valence electrons. The van der Waals surface area contributed by atoms with Crippen molar-refractivity contribution in [1.82, 2.24) is 10.2 Å². The normalized spacial score (nSPS) is 9.61. The quantitative estimate of drug-likeness (QED) is 0.806. The van der Waals surface area contributed by atoms with Crippen LogP contribution in [0.2, 0.25) is 0 Å². The van der Waals surface area contributed by atoms with E-state index in [-0.39, 0.29) is 12.5 Å². The van der Waals surface area contributed by atoms with Crippen LogP contribution in [0, 0.1) is 11.3 Å². The summed E-state index contributed by atoms with van der Waals surface area (Å²) in [5.41, 5.74) is 1.01. The molecule has 0 heterocycles. The summed E-state index contributed by atoms with van der Waals surface area (Å²) in [4.78, 5) is 12.9. The van der Waals surface area contributed by atoms with Gasteiger partial charge >= 0.3 is 0 Å². The summed E-state index contributed by atoms with van der Waals surface area (Å²) < 4.78 is 5.20. The van der Waals surface area contributed by atoms with Gasteiger partial charge in [-0.2, -0.15) is 5.26 Å². The highest BCUT2D eigenvalue weighted by Crippen LogP contribution is 2.12. The molecule has 0 spiro atoms. The highest BCUT2D eigenvalue weighted by Gasteiger charge is 2.03. The van der Waals surface area contributed by atoms with E-state index < -0.39 is 0 Å². The molecule has 0 aliphatic heterocycles. The van der Waals surface area contributed by atoms with E-state index in [0.29, 0.717) is 18.8 Å². The number of likely N-dealkylation sites (N-methyl/N-ethyl adjacent to an activating group) is 1. The SMILES string of the molecule is CN(C)C(=O)CNCc1cccc(OCC#N)c1. The van der Waals surface area contributed by atoms with Gasteiger partial charge in [-0.25, -0.2) is 0 Å². The van der Waals surface area contributed by atoms with Crippen molar-refractivity contribution in [3.63, 3.8) is 0 Å². The Kier molecular flexibility index (Phi) is 5.68. The van der Waals surface area contributed by atoms with Crippen molar-refractivity contribution in [2.24, 2.45) is 0 Å². The van der Waals surface area contributed by atoms with Gasteiger partial charge in [-0.1, -0.05) is 12.1 Å². The third kappa shape index (κ3) is 4.85. The van der Waals surface area contributed by atoms with Gasteiger partial charge in [0.1, 0.15) is 11.8 Å². The Bertz CT molecular complexity index is 438. The number of amides is 1. The molecule has 18 heavy (non-hydrogen) atoms. The van der Waals surface area contributed by atoms with Gasteiger partial charge in [-0.15, -0.1) is 0 Å². The Morgan fingerprint density at radius 3 is 2.94 bits per heavy atom. The minimum Gasteiger partial charge on any atom is -0.479 e. The number of carbonyl (C=O) groups is 1. The van der Waals surface area contributed by atoms with Crippen molar-refractivity contribution >= 4 is 5.91 Å². The zero-order valence-corrected chi connectivity index (χ0v) is 10.6. The maximum atomic E-state index is 11.3. The largest absolute Gasteiger partial charge is 0.479 e. The minimum atomic E-state index is 0.0342. The van der Waals surface area contributed by atoms with Crippen LogP contribution in [0.3, 0.4) is 0 Å². The lowest BCUT2D eigenvalue weighted by atomic mass is 10.2. The molecule has 0 aromatic heterocycles. The van der Waals surface area contributed by atoms with Crippen LogP contribution in [0.25, 0.3) is 0 Å². The first kappa shape index (κ1) is 14.0. The van der Waals surface area contributed by atoms with Crippen LogP contribution in [0.1, 0.15) is 5.56 Å². The molecular weight excluding hydrogens is 230 g/mol. The summed E-state index contributed by atoms with van der Waals surface area (Å²) >= 11 is 0. The molecule has 0 saturated heterocycles. The van der Waals surface area contributed by atoms with Gasteiger partial charge in [-0.05, 0) is 17.7 Å². The molecule has 0 fully saturated rings. The van der Waals surface area contributed by atoms with Crippen LogP contribution in [0.5, 0.6) is 5.75 Å². The maximum Gasteiger partial charge on any atom is 0.236 e. The molecule has 1 rings (SSSR count). The molecule has 0 bridgehead atoms. The average Bonchev–Trinajstić information content (AvgIpc) is 2.36. The van der Waals surface area contributed by atoms with Crippen LogP contribution in [-0.2, 0) is 11.3 Å². The molecule has 0 aliphatic carbocycles. The van der Waals surface area contributed by atoms with Crippen molar-refractivity contribution in [1.29, 1.82) is 5.26 Å². The van der Waals surface area contributed by atoms with E-state index in [2.05, 4.69) is 5.32 Å².